The Hall–Kier alpha value is -2.14. The number of nitrogens with zero attached hydrogens (tertiary/aromatic N) is 3. The quantitative estimate of drug-likeness (QED) is 0.712. The Morgan fingerprint density at radius 3 is 3.00 bits per heavy atom. The molecule has 0 bridgehead atoms. The number of nitrogens with one attached hydrogen (secondary N) is 1. The van der Waals surface area contributed by atoms with Crippen molar-refractivity contribution in [3.05, 3.63) is 52.4 Å². The molecule has 0 spiro atoms. The number of aromatic nitrogens is 4. The fraction of sp³-hybridized carbons (Fsp3) is 0. The van der Waals surface area contributed by atoms with Gasteiger partial charge >= 0.3 is 0 Å². The van der Waals surface area contributed by atoms with Gasteiger partial charge in [-0.15, -0.1) is 0 Å². The number of hydrogen-bond acceptors (Lipinski definition) is 3. The lowest BCUT2D eigenvalue weighted by atomic mass is 10.2. The molecule has 0 unspecified atom stereocenters. The van der Waals surface area contributed by atoms with Gasteiger partial charge in [0.25, 0.3) is 5.56 Å². The van der Waals surface area contributed by atoms with Crippen LogP contribution in [-0.2, 0) is 0 Å². The number of imidazole rings is 1. The minimum absolute atomic E-state index is 0.0483. The van der Waals surface area contributed by atoms with Crippen LogP contribution in [-0.4, -0.2) is 19.5 Å². The molecule has 0 fully saturated rings. The van der Waals surface area contributed by atoms with Crippen molar-refractivity contribution in [3.8, 4) is 5.69 Å². The van der Waals surface area contributed by atoms with E-state index in [1.807, 2.05) is 22.9 Å². The molecule has 0 aliphatic carbocycles. The summed E-state index contributed by atoms with van der Waals surface area (Å²) in [6.45, 7) is 0. The van der Waals surface area contributed by atoms with E-state index in [1.54, 1.807) is 18.6 Å². The first-order valence-corrected chi connectivity index (χ1v) is 5.30. The minimum atomic E-state index is -0.387. The Balaban J connectivity index is 2.26. The summed E-state index contributed by atoms with van der Waals surface area (Å²) >= 11 is 5.66. The number of halogens is 1. The van der Waals surface area contributed by atoms with Crippen molar-refractivity contribution in [1.29, 1.82) is 0 Å². The molecule has 0 saturated heterocycles. The van der Waals surface area contributed by atoms with E-state index in [2.05, 4.69) is 15.0 Å². The second-order valence-electron chi connectivity index (χ2n) is 3.53. The van der Waals surface area contributed by atoms with Gasteiger partial charge in [0.15, 0.2) is 5.15 Å². The van der Waals surface area contributed by atoms with Crippen LogP contribution in [0.4, 0.5) is 0 Å². The van der Waals surface area contributed by atoms with Gasteiger partial charge < -0.3 is 9.55 Å². The zero-order valence-corrected chi connectivity index (χ0v) is 9.35. The van der Waals surface area contributed by atoms with E-state index >= 15 is 0 Å². The number of benzene rings is 1. The van der Waals surface area contributed by atoms with Crippen molar-refractivity contribution in [2.75, 3.05) is 0 Å². The number of hydrogen-bond donors (Lipinski definition) is 1. The Kier molecular flexibility index (Phi) is 2.19. The molecule has 3 aromatic rings. The predicted molar refractivity (Wildman–Crippen MR) is 64.5 cm³/mol. The van der Waals surface area contributed by atoms with Crippen LogP contribution >= 0.6 is 11.6 Å². The molecule has 0 aliphatic rings. The monoisotopic (exact) mass is 246 g/mol. The van der Waals surface area contributed by atoms with E-state index in [1.165, 1.54) is 0 Å². The second kappa shape index (κ2) is 3.71. The molecular formula is C11H7ClN4O. The summed E-state index contributed by atoms with van der Waals surface area (Å²) in [4.78, 5) is 22.0. The van der Waals surface area contributed by atoms with E-state index < -0.39 is 0 Å². The van der Waals surface area contributed by atoms with Gasteiger partial charge in [0.05, 0.1) is 17.4 Å². The normalized spacial score (nSPS) is 10.9. The van der Waals surface area contributed by atoms with Crippen molar-refractivity contribution >= 4 is 22.6 Å². The van der Waals surface area contributed by atoms with Crippen molar-refractivity contribution in [2.24, 2.45) is 0 Å². The van der Waals surface area contributed by atoms with Crippen LogP contribution in [0.1, 0.15) is 0 Å². The third-order valence-electron chi connectivity index (χ3n) is 2.44. The van der Waals surface area contributed by atoms with Gasteiger partial charge in [-0.1, -0.05) is 11.6 Å². The summed E-state index contributed by atoms with van der Waals surface area (Å²) < 4.78 is 1.84. The molecule has 17 heavy (non-hydrogen) atoms. The zero-order valence-electron chi connectivity index (χ0n) is 8.59. The highest BCUT2D eigenvalue weighted by molar-refractivity contribution is 6.29. The average Bonchev–Trinajstić information content (AvgIpc) is 2.83. The largest absolute Gasteiger partial charge is 0.318 e. The first-order valence-electron chi connectivity index (χ1n) is 4.92. The highest BCUT2D eigenvalue weighted by Crippen LogP contribution is 2.15. The van der Waals surface area contributed by atoms with Crippen LogP contribution in [0.15, 0.2) is 41.7 Å². The molecule has 0 aliphatic heterocycles. The number of H-pyrrole nitrogens is 1. The minimum Gasteiger partial charge on any atom is -0.318 e. The lowest BCUT2D eigenvalue weighted by Gasteiger charge is -2.03. The van der Waals surface area contributed by atoms with E-state index in [0.29, 0.717) is 11.0 Å². The maximum absolute atomic E-state index is 11.4. The van der Waals surface area contributed by atoms with Gasteiger partial charge in [-0.25, -0.2) is 9.97 Å². The fourth-order valence-corrected chi connectivity index (χ4v) is 1.76. The van der Waals surface area contributed by atoms with Gasteiger partial charge in [-0.3, -0.25) is 4.79 Å². The van der Waals surface area contributed by atoms with Crippen molar-refractivity contribution in [3.63, 3.8) is 0 Å². The smallest absolute Gasteiger partial charge is 0.286 e. The fourth-order valence-electron chi connectivity index (χ4n) is 1.62. The van der Waals surface area contributed by atoms with Crippen LogP contribution in [0.25, 0.3) is 16.7 Å². The zero-order chi connectivity index (χ0) is 11.8. The SMILES string of the molecule is O=c1[nH]c2cc(-n3ccnc3)ccc2nc1Cl. The second-order valence-corrected chi connectivity index (χ2v) is 3.89. The summed E-state index contributed by atoms with van der Waals surface area (Å²) in [5, 5.41) is -0.0483. The van der Waals surface area contributed by atoms with Crippen LogP contribution in [0.2, 0.25) is 5.15 Å². The first-order chi connectivity index (χ1) is 8.24. The molecule has 3 rings (SSSR count). The average molecular weight is 247 g/mol. The highest BCUT2D eigenvalue weighted by Gasteiger charge is 2.03. The molecule has 0 atom stereocenters. The summed E-state index contributed by atoms with van der Waals surface area (Å²) in [6.07, 6.45) is 5.19. The topological polar surface area (TPSA) is 63.6 Å². The predicted octanol–water partition coefficient (Wildman–Crippen LogP) is 1.76. The maximum atomic E-state index is 11.4. The Morgan fingerprint density at radius 1 is 1.35 bits per heavy atom. The molecule has 1 N–H and O–H groups in total. The van der Waals surface area contributed by atoms with E-state index in [-0.39, 0.29) is 10.7 Å². The molecule has 2 heterocycles. The number of fused-ring (bicyclic) bond motifs is 1. The van der Waals surface area contributed by atoms with Crippen molar-refractivity contribution in [1.82, 2.24) is 19.5 Å². The highest BCUT2D eigenvalue weighted by atomic mass is 35.5. The maximum Gasteiger partial charge on any atom is 0.286 e. The third kappa shape index (κ3) is 1.70. The molecule has 1 aromatic carbocycles. The van der Waals surface area contributed by atoms with Crippen LogP contribution in [0.5, 0.6) is 0 Å². The Labute approximate surface area is 101 Å². The third-order valence-corrected chi connectivity index (χ3v) is 2.69. The first kappa shape index (κ1) is 10.0. The lowest BCUT2D eigenvalue weighted by Crippen LogP contribution is -2.08. The molecule has 0 amide bonds. The lowest BCUT2D eigenvalue weighted by molar-refractivity contribution is 1.06. The van der Waals surface area contributed by atoms with Crippen molar-refractivity contribution in [2.45, 2.75) is 0 Å². The standard InChI is InChI=1S/C11H7ClN4O/c12-10-11(17)15-9-5-7(1-2-8(9)14-10)16-4-3-13-6-16/h1-6H,(H,15,17). The summed E-state index contributed by atoms with van der Waals surface area (Å²) in [5.74, 6) is 0. The number of aromatic amines is 1. The van der Waals surface area contributed by atoms with Gasteiger partial charge in [0.2, 0.25) is 0 Å². The molecule has 6 heteroatoms. The van der Waals surface area contributed by atoms with E-state index in [9.17, 15) is 4.79 Å². The van der Waals surface area contributed by atoms with E-state index in [4.69, 9.17) is 11.6 Å². The Bertz CT molecular complexity index is 733. The molecule has 84 valence electrons. The summed E-state index contributed by atoms with van der Waals surface area (Å²) in [5.41, 5.74) is 1.81. The van der Waals surface area contributed by atoms with Gasteiger partial charge in [0, 0.05) is 18.1 Å². The van der Waals surface area contributed by atoms with Crippen LogP contribution in [0, 0.1) is 0 Å². The number of rotatable bonds is 1. The molecular weight excluding hydrogens is 240 g/mol. The van der Waals surface area contributed by atoms with Crippen molar-refractivity contribution < 1.29 is 0 Å². The molecule has 0 radical (unpaired) electrons. The van der Waals surface area contributed by atoms with Gasteiger partial charge in [0.1, 0.15) is 0 Å². The molecule has 2 aromatic heterocycles. The van der Waals surface area contributed by atoms with Gasteiger partial charge in [-0.05, 0) is 18.2 Å². The summed E-state index contributed by atoms with van der Waals surface area (Å²) in [7, 11) is 0. The molecule has 5 nitrogen and oxygen atoms in total. The van der Waals surface area contributed by atoms with Crippen LogP contribution in [0.3, 0.4) is 0 Å². The van der Waals surface area contributed by atoms with Gasteiger partial charge in [-0.2, -0.15) is 0 Å². The van der Waals surface area contributed by atoms with Crippen LogP contribution < -0.4 is 5.56 Å². The molecule has 0 saturated carbocycles. The summed E-state index contributed by atoms with van der Waals surface area (Å²) in [6, 6.07) is 5.50. The Morgan fingerprint density at radius 2 is 2.24 bits per heavy atom. The van der Waals surface area contributed by atoms with E-state index in [0.717, 1.165) is 5.69 Å².